The van der Waals surface area contributed by atoms with Gasteiger partial charge in [-0.15, -0.1) is 0 Å². The number of carbonyl (C=O) groups is 1. The molecule has 3 aromatic rings. The molecule has 2 amide bonds. The quantitative estimate of drug-likeness (QED) is 0.659. The van der Waals surface area contributed by atoms with Gasteiger partial charge in [0.1, 0.15) is 16.5 Å². The second-order valence-electron chi connectivity index (χ2n) is 6.21. The van der Waals surface area contributed by atoms with Gasteiger partial charge in [0.25, 0.3) is 10.0 Å². The molecule has 4 rings (SSSR count). The lowest BCUT2D eigenvalue weighted by molar-refractivity contribution is 0.253. The Morgan fingerprint density at radius 3 is 2.25 bits per heavy atom. The van der Waals surface area contributed by atoms with Gasteiger partial charge in [0, 0.05) is 0 Å². The van der Waals surface area contributed by atoms with Crippen LogP contribution in [-0.4, -0.2) is 14.4 Å². The Morgan fingerprint density at radius 2 is 1.54 bits per heavy atom. The van der Waals surface area contributed by atoms with E-state index in [0.29, 0.717) is 9.87 Å². The van der Waals surface area contributed by atoms with Crippen LogP contribution in [0.5, 0.6) is 0 Å². The van der Waals surface area contributed by atoms with E-state index in [4.69, 9.17) is 0 Å². The Kier molecular flexibility index (Phi) is 4.35. The van der Waals surface area contributed by atoms with Crippen molar-refractivity contribution in [3.05, 3.63) is 90.0 Å². The molecule has 0 saturated heterocycles. The molecule has 0 saturated carbocycles. The molecule has 1 aliphatic heterocycles. The molecule has 0 radical (unpaired) electrons. The van der Waals surface area contributed by atoms with Gasteiger partial charge in [0.05, 0.1) is 17.9 Å². The fraction of sp³-hybridized carbons (Fsp3) is 0.0500. The number of anilines is 2. The SMILES string of the molecule is O=C1N(Cc2cccc(F)c2)c2ccccc2S(=O)(=O)N1c1ccc(F)cc1. The average molecular weight is 400 g/mol. The molecule has 0 bridgehead atoms. The summed E-state index contributed by atoms with van der Waals surface area (Å²) in [6.07, 6.45) is 0. The van der Waals surface area contributed by atoms with E-state index in [1.165, 1.54) is 47.4 Å². The standard InChI is InChI=1S/C20H14F2N2O3S/c21-15-8-10-17(11-9-15)24-20(25)23(13-14-4-3-5-16(22)12-14)18-6-1-2-7-19(18)28(24,26)27/h1-12H,13H2. The van der Waals surface area contributed by atoms with Crippen LogP contribution in [0.3, 0.4) is 0 Å². The van der Waals surface area contributed by atoms with Crippen LogP contribution < -0.4 is 9.21 Å². The van der Waals surface area contributed by atoms with Gasteiger partial charge < -0.3 is 0 Å². The van der Waals surface area contributed by atoms with Crippen LogP contribution in [0.15, 0.2) is 77.7 Å². The summed E-state index contributed by atoms with van der Waals surface area (Å²) in [5, 5.41) is 0. The van der Waals surface area contributed by atoms with E-state index in [-0.39, 0.29) is 22.8 Å². The third kappa shape index (κ3) is 3.01. The number of hydrogen-bond donors (Lipinski definition) is 0. The third-order valence-corrected chi connectivity index (χ3v) is 6.12. The molecule has 1 aliphatic rings. The zero-order chi connectivity index (χ0) is 19.9. The number of carbonyl (C=O) groups excluding carboxylic acids is 1. The molecule has 0 N–H and O–H groups in total. The highest BCUT2D eigenvalue weighted by Gasteiger charge is 2.42. The summed E-state index contributed by atoms with van der Waals surface area (Å²) in [7, 11) is -4.19. The number of amides is 2. The lowest BCUT2D eigenvalue weighted by Gasteiger charge is -2.36. The third-order valence-electron chi connectivity index (χ3n) is 4.37. The smallest absolute Gasteiger partial charge is 0.287 e. The van der Waals surface area contributed by atoms with Crippen LogP contribution in [0.2, 0.25) is 0 Å². The minimum absolute atomic E-state index is 0.0187. The Morgan fingerprint density at radius 1 is 0.821 bits per heavy atom. The van der Waals surface area contributed by atoms with Gasteiger partial charge in [0.15, 0.2) is 0 Å². The first-order chi connectivity index (χ1) is 13.4. The average Bonchev–Trinajstić information content (AvgIpc) is 2.67. The Labute approximate surface area is 160 Å². The number of rotatable bonds is 3. The zero-order valence-corrected chi connectivity index (χ0v) is 15.2. The first-order valence-electron chi connectivity index (χ1n) is 8.34. The zero-order valence-electron chi connectivity index (χ0n) is 14.4. The van der Waals surface area contributed by atoms with Gasteiger partial charge in [-0.1, -0.05) is 24.3 Å². The van der Waals surface area contributed by atoms with Crippen molar-refractivity contribution in [2.75, 3.05) is 9.21 Å². The van der Waals surface area contributed by atoms with Crippen LogP contribution in [0.4, 0.5) is 25.0 Å². The summed E-state index contributed by atoms with van der Waals surface area (Å²) in [5.41, 5.74) is 0.724. The molecule has 0 atom stereocenters. The van der Waals surface area contributed by atoms with Crippen molar-refractivity contribution >= 4 is 27.4 Å². The van der Waals surface area contributed by atoms with Gasteiger partial charge in [-0.05, 0) is 54.1 Å². The molecule has 0 unspecified atom stereocenters. The van der Waals surface area contributed by atoms with Crippen molar-refractivity contribution in [3.8, 4) is 0 Å². The summed E-state index contributed by atoms with van der Waals surface area (Å²) in [4.78, 5) is 14.4. The maximum absolute atomic E-state index is 13.6. The summed E-state index contributed by atoms with van der Waals surface area (Å²) < 4.78 is 53.6. The van der Waals surface area contributed by atoms with Gasteiger partial charge in [-0.3, -0.25) is 4.90 Å². The minimum Gasteiger partial charge on any atom is -0.287 e. The molecule has 1 heterocycles. The predicted molar refractivity (Wildman–Crippen MR) is 100 cm³/mol. The first-order valence-corrected chi connectivity index (χ1v) is 9.78. The van der Waals surface area contributed by atoms with Crippen molar-refractivity contribution in [1.29, 1.82) is 0 Å². The number of nitrogens with zero attached hydrogens (tertiary/aromatic N) is 2. The summed E-state index contributed by atoms with van der Waals surface area (Å²) in [6.45, 7) is -0.0270. The Balaban J connectivity index is 1.86. The fourth-order valence-corrected chi connectivity index (χ4v) is 4.70. The number of sulfonamides is 1. The summed E-state index contributed by atoms with van der Waals surface area (Å²) in [6, 6.07) is 15.6. The highest BCUT2D eigenvalue weighted by atomic mass is 32.2. The minimum atomic E-state index is -4.19. The summed E-state index contributed by atoms with van der Waals surface area (Å²) in [5.74, 6) is -1.01. The largest absolute Gasteiger partial charge is 0.343 e. The van der Waals surface area contributed by atoms with Crippen molar-refractivity contribution in [1.82, 2.24) is 0 Å². The van der Waals surface area contributed by atoms with E-state index in [0.717, 1.165) is 12.1 Å². The molecular formula is C20H14F2N2O3S. The monoisotopic (exact) mass is 400 g/mol. The van der Waals surface area contributed by atoms with E-state index >= 15 is 0 Å². The topological polar surface area (TPSA) is 57.7 Å². The van der Waals surface area contributed by atoms with Crippen LogP contribution in [0, 0.1) is 11.6 Å². The van der Waals surface area contributed by atoms with Crippen molar-refractivity contribution < 1.29 is 22.0 Å². The molecule has 8 heteroatoms. The van der Waals surface area contributed by atoms with E-state index in [2.05, 4.69) is 0 Å². The van der Waals surface area contributed by atoms with Gasteiger partial charge in [-0.2, -0.15) is 4.31 Å². The molecule has 142 valence electrons. The van der Waals surface area contributed by atoms with Crippen molar-refractivity contribution in [2.45, 2.75) is 11.4 Å². The van der Waals surface area contributed by atoms with Crippen LogP contribution >= 0.6 is 0 Å². The van der Waals surface area contributed by atoms with E-state index in [9.17, 15) is 22.0 Å². The molecule has 3 aromatic carbocycles. The molecular weight excluding hydrogens is 386 g/mol. The fourth-order valence-electron chi connectivity index (χ4n) is 3.11. The molecule has 0 aliphatic carbocycles. The number of halogens is 2. The number of urea groups is 1. The Hall–Kier alpha value is -3.26. The second-order valence-corrected chi connectivity index (χ2v) is 7.97. The molecule has 0 aromatic heterocycles. The number of benzene rings is 3. The maximum atomic E-state index is 13.6. The van der Waals surface area contributed by atoms with Crippen LogP contribution in [0.1, 0.15) is 5.56 Å². The maximum Gasteiger partial charge on any atom is 0.343 e. The molecule has 0 spiro atoms. The number of para-hydroxylation sites is 1. The van der Waals surface area contributed by atoms with Crippen molar-refractivity contribution in [3.63, 3.8) is 0 Å². The molecule has 5 nitrogen and oxygen atoms in total. The second kappa shape index (κ2) is 6.72. The predicted octanol–water partition coefficient (Wildman–Crippen LogP) is 4.30. The summed E-state index contributed by atoms with van der Waals surface area (Å²) >= 11 is 0. The van der Waals surface area contributed by atoms with Crippen molar-refractivity contribution in [2.24, 2.45) is 0 Å². The van der Waals surface area contributed by atoms with E-state index < -0.39 is 27.7 Å². The van der Waals surface area contributed by atoms with E-state index in [1.807, 2.05) is 0 Å². The van der Waals surface area contributed by atoms with Gasteiger partial charge in [-0.25, -0.2) is 22.0 Å². The van der Waals surface area contributed by atoms with E-state index in [1.54, 1.807) is 18.2 Å². The van der Waals surface area contributed by atoms with Gasteiger partial charge >= 0.3 is 6.03 Å². The van der Waals surface area contributed by atoms with Gasteiger partial charge in [0.2, 0.25) is 0 Å². The first kappa shape index (κ1) is 18.1. The van der Waals surface area contributed by atoms with Crippen LogP contribution in [-0.2, 0) is 16.6 Å². The lowest BCUT2D eigenvalue weighted by atomic mass is 10.2. The Bertz CT molecular complexity index is 1160. The highest BCUT2D eigenvalue weighted by molar-refractivity contribution is 7.94. The molecule has 0 fully saturated rings. The highest BCUT2D eigenvalue weighted by Crippen LogP contribution is 2.37. The normalized spacial score (nSPS) is 15.4. The molecule has 28 heavy (non-hydrogen) atoms. The number of hydrogen-bond acceptors (Lipinski definition) is 3. The number of fused-ring (bicyclic) bond motifs is 1. The van der Waals surface area contributed by atoms with Crippen LogP contribution in [0.25, 0.3) is 0 Å². The lowest BCUT2D eigenvalue weighted by Crippen LogP contribution is -2.50.